The van der Waals surface area contributed by atoms with Crippen LogP contribution in [-0.2, 0) is 4.57 Å². The van der Waals surface area contributed by atoms with Crippen LogP contribution in [0, 0.1) is 0 Å². The highest BCUT2D eigenvalue weighted by Gasteiger charge is 2.18. The second kappa shape index (κ2) is 33.4. The van der Waals surface area contributed by atoms with Crippen LogP contribution in [0.15, 0.2) is 0 Å². The second-order valence-electron chi connectivity index (χ2n) is 12.0. The molecule has 0 amide bonds. The predicted octanol–water partition coefficient (Wildman–Crippen LogP) is 14.3. The summed E-state index contributed by atoms with van der Waals surface area (Å²) < 4.78 is 12.4. The summed E-state index contributed by atoms with van der Waals surface area (Å²) in [6.07, 6.45) is 41.0. The molecule has 39 heavy (non-hydrogen) atoms. The van der Waals surface area contributed by atoms with Crippen molar-refractivity contribution >= 4 is 28.5 Å². The molecule has 0 aromatic rings. The first-order chi connectivity index (χ1) is 19.1. The summed E-state index contributed by atoms with van der Waals surface area (Å²) in [5, 5.41) is 0. The highest BCUT2D eigenvalue weighted by Crippen LogP contribution is 2.65. The average molecular weight is 607 g/mol. The second-order valence-corrected chi connectivity index (χ2v) is 19.5. The van der Waals surface area contributed by atoms with Crippen LogP contribution in [0.1, 0.15) is 206 Å². The van der Waals surface area contributed by atoms with Gasteiger partial charge in [0.15, 0.2) is 0 Å². The molecule has 0 rings (SSSR count). The fraction of sp³-hybridized carbons (Fsp3) is 1.00. The van der Waals surface area contributed by atoms with E-state index in [1.165, 1.54) is 203 Å². The Morgan fingerprint density at radius 2 is 0.538 bits per heavy atom. The molecule has 236 valence electrons. The van der Waals surface area contributed by atoms with E-state index in [1.54, 1.807) is 0 Å². The minimum absolute atomic E-state index is 0.845. The summed E-state index contributed by atoms with van der Waals surface area (Å²) in [4.78, 5) is 10.2. The summed E-state index contributed by atoms with van der Waals surface area (Å²) in [5.41, 5.74) is 0. The van der Waals surface area contributed by atoms with E-state index in [9.17, 15) is 9.46 Å². The molecule has 0 aliphatic rings. The van der Waals surface area contributed by atoms with Crippen LogP contribution in [0.4, 0.5) is 0 Å². The van der Waals surface area contributed by atoms with Crippen LogP contribution >= 0.6 is 28.5 Å². The van der Waals surface area contributed by atoms with Gasteiger partial charge in [0, 0.05) is 11.5 Å². The monoisotopic (exact) mass is 606 g/mol. The van der Waals surface area contributed by atoms with Gasteiger partial charge >= 0.3 is 5.77 Å². The van der Waals surface area contributed by atoms with Crippen molar-refractivity contribution in [2.45, 2.75) is 206 Å². The van der Waals surface area contributed by atoms with Gasteiger partial charge in [-0.2, -0.15) is 0 Å². The SMILES string of the molecule is CCCCCCCCCCCCCCCCCSP(=O)(O)SCCCCCCCCCCCCCCCCC. The molecule has 0 spiro atoms. The highest BCUT2D eigenvalue weighted by atomic mass is 33.1. The van der Waals surface area contributed by atoms with Crippen molar-refractivity contribution < 1.29 is 9.46 Å². The number of hydrogen-bond acceptors (Lipinski definition) is 3. The van der Waals surface area contributed by atoms with E-state index in [2.05, 4.69) is 13.8 Å². The van der Waals surface area contributed by atoms with E-state index in [1.807, 2.05) is 0 Å². The summed E-state index contributed by atoms with van der Waals surface area (Å²) >= 11 is 2.65. The molecule has 0 saturated carbocycles. The highest BCUT2D eigenvalue weighted by molar-refractivity contribution is 8.88. The molecule has 0 heterocycles. The lowest BCUT2D eigenvalue weighted by molar-refractivity contribution is 0.514. The molecule has 0 radical (unpaired) electrons. The quantitative estimate of drug-likeness (QED) is 0.0584. The van der Waals surface area contributed by atoms with E-state index in [0.29, 0.717) is 0 Å². The van der Waals surface area contributed by atoms with Gasteiger partial charge in [-0.05, 0) is 12.8 Å². The standard InChI is InChI=1S/C34H71O2PS2/c1-3-5-7-9-11-13-15-17-19-21-23-25-27-29-31-33-38-37(35,36)39-34-32-30-28-26-24-22-20-18-16-14-12-10-8-6-4-2/h3-34H2,1-2H3,(H,35,36). The summed E-state index contributed by atoms with van der Waals surface area (Å²) in [6.45, 7) is 4.57. The molecule has 2 nitrogen and oxygen atoms in total. The Morgan fingerprint density at radius 1 is 0.359 bits per heavy atom. The lowest BCUT2D eigenvalue weighted by Crippen LogP contribution is -1.86. The lowest BCUT2D eigenvalue weighted by Gasteiger charge is -2.10. The smallest absolute Gasteiger partial charge is 0.310 e. The third kappa shape index (κ3) is 35.0. The maximum atomic E-state index is 12.4. The molecule has 0 bridgehead atoms. The summed E-state index contributed by atoms with van der Waals surface area (Å²) in [6, 6.07) is 0. The molecular weight excluding hydrogens is 535 g/mol. The Hall–Kier alpha value is 0.890. The van der Waals surface area contributed by atoms with Crippen molar-refractivity contribution in [3.8, 4) is 0 Å². The van der Waals surface area contributed by atoms with Gasteiger partial charge < -0.3 is 4.89 Å². The molecular formula is C34H71O2PS2. The molecule has 0 saturated heterocycles. The molecule has 0 aliphatic carbocycles. The number of rotatable bonds is 34. The van der Waals surface area contributed by atoms with E-state index in [-0.39, 0.29) is 0 Å². The van der Waals surface area contributed by atoms with E-state index >= 15 is 0 Å². The van der Waals surface area contributed by atoms with Gasteiger partial charge in [0.25, 0.3) is 0 Å². The van der Waals surface area contributed by atoms with Crippen LogP contribution in [-0.4, -0.2) is 16.4 Å². The van der Waals surface area contributed by atoms with Crippen molar-refractivity contribution in [2.75, 3.05) is 11.5 Å². The van der Waals surface area contributed by atoms with Gasteiger partial charge in [0.1, 0.15) is 0 Å². The number of unbranched alkanes of at least 4 members (excludes halogenated alkanes) is 28. The topological polar surface area (TPSA) is 37.3 Å². The zero-order valence-corrected chi connectivity index (χ0v) is 29.3. The zero-order valence-electron chi connectivity index (χ0n) is 26.7. The van der Waals surface area contributed by atoms with Crippen LogP contribution in [0.2, 0.25) is 0 Å². The summed E-state index contributed by atoms with van der Waals surface area (Å²) in [7, 11) is 0. The molecule has 0 aliphatic heterocycles. The Bertz CT molecular complexity index is 464. The fourth-order valence-electron chi connectivity index (χ4n) is 5.34. The summed E-state index contributed by atoms with van der Waals surface area (Å²) in [5.74, 6) is -1.35. The van der Waals surface area contributed by atoms with E-state index in [4.69, 9.17) is 0 Å². The van der Waals surface area contributed by atoms with E-state index < -0.39 is 5.77 Å². The van der Waals surface area contributed by atoms with Crippen molar-refractivity contribution in [2.24, 2.45) is 0 Å². The van der Waals surface area contributed by atoms with Crippen LogP contribution in [0.5, 0.6) is 0 Å². The lowest BCUT2D eigenvalue weighted by atomic mass is 10.0. The van der Waals surface area contributed by atoms with Crippen LogP contribution in [0.25, 0.3) is 0 Å². The minimum atomic E-state index is -3.04. The Morgan fingerprint density at radius 3 is 0.744 bits per heavy atom. The van der Waals surface area contributed by atoms with Gasteiger partial charge in [-0.1, -0.05) is 216 Å². The Balaban J connectivity index is 3.27. The molecule has 1 N–H and O–H groups in total. The molecule has 0 aromatic heterocycles. The molecule has 0 aromatic carbocycles. The predicted molar refractivity (Wildman–Crippen MR) is 185 cm³/mol. The first-order valence-electron chi connectivity index (χ1n) is 17.7. The van der Waals surface area contributed by atoms with Crippen molar-refractivity contribution in [1.29, 1.82) is 0 Å². The molecule has 5 heteroatoms. The van der Waals surface area contributed by atoms with Gasteiger partial charge in [0.05, 0.1) is 0 Å². The number of hydrogen-bond donors (Lipinski definition) is 1. The van der Waals surface area contributed by atoms with Gasteiger partial charge in [-0.15, -0.1) is 0 Å². The fourth-order valence-corrected chi connectivity index (χ4v) is 10.9. The van der Waals surface area contributed by atoms with Crippen molar-refractivity contribution in [3.05, 3.63) is 0 Å². The van der Waals surface area contributed by atoms with Gasteiger partial charge in [-0.25, -0.2) is 0 Å². The van der Waals surface area contributed by atoms with Crippen molar-refractivity contribution in [3.63, 3.8) is 0 Å². The molecule has 0 atom stereocenters. The van der Waals surface area contributed by atoms with Crippen LogP contribution in [0.3, 0.4) is 0 Å². The first-order valence-corrected chi connectivity index (χ1v) is 22.6. The third-order valence-electron chi connectivity index (χ3n) is 8.00. The normalized spacial score (nSPS) is 12.0. The third-order valence-corrected chi connectivity index (χ3v) is 14.6. The first kappa shape index (κ1) is 39.9. The van der Waals surface area contributed by atoms with Crippen LogP contribution < -0.4 is 0 Å². The minimum Gasteiger partial charge on any atom is -0.329 e. The van der Waals surface area contributed by atoms with E-state index in [0.717, 1.165) is 24.3 Å². The van der Waals surface area contributed by atoms with Gasteiger partial charge in [0.2, 0.25) is 0 Å². The average Bonchev–Trinajstić information content (AvgIpc) is 2.92. The maximum Gasteiger partial charge on any atom is 0.310 e. The van der Waals surface area contributed by atoms with Gasteiger partial charge in [-0.3, -0.25) is 4.57 Å². The Kier molecular flexibility index (Phi) is 34.2. The molecule has 0 unspecified atom stereocenters. The maximum absolute atomic E-state index is 12.4. The Labute approximate surface area is 255 Å². The largest absolute Gasteiger partial charge is 0.329 e. The van der Waals surface area contributed by atoms with Crippen molar-refractivity contribution in [1.82, 2.24) is 0 Å². The molecule has 0 fully saturated rings. The zero-order chi connectivity index (χ0) is 28.5.